The van der Waals surface area contributed by atoms with Gasteiger partial charge in [-0.15, -0.1) is 0 Å². The highest BCUT2D eigenvalue weighted by Crippen LogP contribution is 2.35. The van der Waals surface area contributed by atoms with Crippen LogP contribution in [0.4, 0.5) is 0 Å². The summed E-state index contributed by atoms with van der Waals surface area (Å²) in [6.45, 7) is 2.94. The van der Waals surface area contributed by atoms with Crippen molar-refractivity contribution in [2.45, 2.75) is 63.1 Å². The molecular weight excluding hydrogens is 244 g/mol. The van der Waals surface area contributed by atoms with Crippen LogP contribution in [0.5, 0.6) is 0 Å². The van der Waals surface area contributed by atoms with E-state index in [4.69, 9.17) is 4.74 Å². The summed E-state index contributed by atoms with van der Waals surface area (Å²) in [6, 6.07) is 0.166. The number of carbonyl (C=O) groups is 2. The van der Waals surface area contributed by atoms with Crippen LogP contribution in [-0.2, 0) is 14.3 Å². The molecule has 2 unspecified atom stereocenters. The van der Waals surface area contributed by atoms with Gasteiger partial charge in [0, 0.05) is 12.6 Å². The Morgan fingerprint density at radius 2 is 2.05 bits per heavy atom. The van der Waals surface area contributed by atoms with Crippen molar-refractivity contribution in [2.24, 2.45) is 0 Å². The summed E-state index contributed by atoms with van der Waals surface area (Å²) in [6.07, 6.45) is 5.53. The summed E-state index contributed by atoms with van der Waals surface area (Å²) in [5.74, 6) is 0.143. The highest BCUT2D eigenvalue weighted by molar-refractivity contribution is 5.98. The molecule has 3 fully saturated rings. The third-order valence-corrected chi connectivity index (χ3v) is 4.72. The fraction of sp³-hybridized carbons (Fsp3) is 0.857. The zero-order valence-corrected chi connectivity index (χ0v) is 11.5. The van der Waals surface area contributed by atoms with E-state index in [1.165, 1.54) is 0 Å². The van der Waals surface area contributed by atoms with Gasteiger partial charge in [-0.3, -0.25) is 9.59 Å². The van der Waals surface area contributed by atoms with E-state index >= 15 is 0 Å². The summed E-state index contributed by atoms with van der Waals surface area (Å²) in [5.41, 5.74) is -0.586. The average Bonchev–Trinajstić information content (AvgIpc) is 2.83. The second-order valence-electron chi connectivity index (χ2n) is 6.13. The lowest BCUT2D eigenvalue weighted by Crippen LogP contribution is -2.67. The molecule has 5 heteroatoms. The van der Waals surface area contributed by atoms with Crippen molar-refractivity contribution in [2.75, 3.05) is 13.2 Å². The molecule has 0 radical (unpaired) electrons. The Hall–Kier alpha value is -1.10. The molecule has 3 aliphatic rings. The van der Waals surface area contributed by atoms with Crippen molar-refractivity contribution in [3.05, 3.63) is 0 Å². The first-order chi connectivity index (χ1) is 9.11. The van der Waals surface area contributed by atoms with Gasteiger partial charge >= 0.3 is 0 Å². The predicted molar refractivity (Wildman–Crippen MR) is 69.5 cm³/mol. The van der Waals surface area contributed by atoms with Crippen molar-refractivity contribution >= 4 is 11.8 Å². The summed E-state index contributed by atoms with van der Waals surface area (Å²) in [4.78, 5) is 26.6. The fourth-order valence-electron chi connectivity index (χ4n) is 3.73. The van der Waals surface area contributed by atoms with Crippen molar-refractivity contribution in [1.29, 1.82) is 0 Å². The zero-order valence-electron chi connectivity index (χ0n) is 11.5. The second kappa shape index (κ2) is 4.78. The molecule has 0 aromatic heterocycles. The Labute approximate surface area is 113 Å². The van der Waals surface area contributed by atoms with Crippen LogP contribution in [-0.4, -0.2) is 47.6 Å². The van der Waals surface area contributed by atoms with E-state index < -0.39 is 5.54 Å². The Kier molecular flexibility index (Phi) is 3.25. The molecule has 19 heavy (non-hydrogen) atoms. The van der Waals surface area contributed by atoms with E-state index in [9.17, 15) is 9.59 Å². The molecule has 3 rings (SSSR count). The lowest BCUT2D eigenvalue weighted by Gasteiger charge is -2.45. The van der Waals surface area contributed by atoms with Crippen LogP contribution in [0, 0.1) is 0 Å². The highest BCUT2D eigenvalue weighted by atomic mass is 16.5. The van der Waals surface area contributed by atoms with E-state index in [0.29, 0.717) is 6.61 Å². The minimum Gasteiger partial charge on any atom is -0.378 e. The lowest BCUT2D eigenvalue weighted by atomic mass is 9.90. The van der Waals surface area contributed by atoms with Gasteiger partial charge in [0.25, 0.3) is 0 Å². The molecule has 1 aliphatic carbocycles. The quantitative estimate of drug-likeness (QED) is 0.764. The number of ether oxygens (including phenoxy) is 1. The summed E-state index contributed by atoms with van der Waals surface area (Å²) < 4.78 is 5.54. The Morgan fingerprint density at radius 3 is 2.74 bits per heavy atom. The Balaban J connectivity index is 1.80. The van der Waals surface area contributed by atoms with Gasteiger partial charge in [0.05, 0.1) is 12.6 Å². The Bertz CT molecular complexity index is 390. The van der Waals surface area contributed by atoms with Crippen LogP contribution in [0.25, 0.3) is 0 Å². The first kappa shape index (κ1) is 12.9. The molecule has 106 valence electrons. The third kappa shape index (κ3) is 2.24. The predicted octanol–water partition coefficient (Wildman–Crippen LogP) is 0.825. The zero-order chi connectivity index (χ0) is 13.5. The number of piperazine rings is 1. The normalized spacial score (nSPS) is 34.7. The molecule has 2 atom stereocenters. The molecule has 1 N–H and O–H groups in total. The first-order valence-corrected chi connectivity index (χ1v) is 7.34. The van der Waals surface area contributed by atoms with E-state index in [1.807, 2.05) is 11.8 Å². The molecule has 2 saturated heterocycles. The number of nitrogens with one attached hydrogen (secondary N) is 1. The maximum absolute atomic E-state index is 12.8. The standard InChI is InChI=1S/C14H22N2O3/c1-10-8-11(4-7-19-10)16-9-12(17)15-14(13(16)18)5-2-3-6-14/h10-11H,2-9H2,1H3,(H,15,17). The molecular formula is C14H22N2O3. The maximum Gasteiger partial charge on any atom is 0.249 e. The van der Waals surface area contributed by atoms with E-state index in [0.717, 1.165) is 38.5 Å². The molecule has 5 nitrogen and oxygen atoms in total. The largest absolute Gasteiger partial charge is 0.378 e. The summed E-state index contributed by atoms with van der Waals surface area (Å²) in [7, 11) is 0. The Morgan fingerprint density at radius 1 is 1.32 bits per heavy atom. The van der Waals surface area contributed by atoms with Crippen molar-refractivity contribution < 1.29 is 14.3 Å². The van der Waals surface area contributed by atoms with Gasteiger partial charge in [-0.1, -0.05) is 12.8 Å². The van der Waals surface area contributed by atoms with Crippen LogP contribution in [0.2, 0.25) is 0 Å². The number of hydrogen-bond donors (Lipinski definition) is 1. The molecule has 2 heterocycles. The van der Waals surface area contributed by atoms with Gasteiger partial charge in [0.15, 0.2) is 0 Å². The second-order valence-corrected chi connectivity index (χ2v) is 6.13. The molecule has 2 amide bonds. The monoisotopic (exact) mass is 266 g/mol. The fourth-order valence-corrected chi connectivity index (χ4v) is 3.73. The highest BCUT2D eigenvalue weighted by Gasteiger charge is 2.50. The summed E-state index contributed by atoms with van der Waals surface area (Å²) in [5, 5.41) is 2.96. The van der Waals surface area contributed by atoms with Crippen LogP contribution in [0.1, 0.15) is 45.4 Å². The average molecular weight is 266 g/mol. The van der Waals surface area contributed by atoms with Crippen molar-refractivity contribution in [1.82, 2.24) is 10.2 Å². The topological polar surface area (TPSA) is 58.6 Å². The van der Waals surface area contributed by atoms with Gasteiger partial charge in [0.2, 0.25) is 11.8 Å². The van der Waals surface area contributed by atoms with Gasteiger partial charge < -0.3 is 15.0 Å². The van der Waals surface area contributed by atoms with Crippen LogP contribution in [0.15, 0.2) is 0 Å². The molecule has 0 bridgehead atoms. The maximum atomic E-state index is 12.8. The van der Waals surface area contributed by atoms with Gasteiger partial charge in [0.1, 0.15) is 5.54 Å². The molecule has 0 aromatic rings. The number of hydrogen-bond acceptors (Lipinski definition) is 3. The minimum atomic E-state index is -0.586. The van der Waals surface area contributed by atoms with Crippen molar-refractivity contribution in [3.8, 4) is 0 Å². The number of nitrogens with zero attached hydrogens (tertiary/aromatic N) is 1. The summed E-state index contributed by atoms with van der Waals surface area (Å²) >= 11 is 0. The number of rotatable bonds is 1. The lowest BCUT2D eigenvalue weighted by molar-refractivity contribution is -0.155. The van der Waals surface area contributed by atoms with Gasteiger partial charge in [-0.2, -0.15) is 0 Å². The van der Waals surface area contributed by atoms with Crippen LogP contribution < -0.4 is 5.32 Å². The SMILES string of the molecule is CC1CC(N2CC(=O)NC3(CCCC3)C2=O)CCO1. The van der Waals surface area contributed by atoms with Crippen LogP contribution in [0.3, 0.4) is 0 Å². The molecule has 2 aliphatic heterocycles. The first-order valence-electron chi connectivity index (χ1n) is 7.34. The van der Waals surface area contributed by atoms with E-state index in [2.05, 4.69) is 5.32 Å². The van der Waals surface area contributed by atoms with Gasteiger partial charge in [-0.05, 0) is 32.6 Å². The van der Waals surface area contributed by atoms with E-state index in [1.54, 1.807) is 0 Å². The number of amides is 2. The number of carbonyl (C=O) groups excluding carboxylic acids is 2. The molecule has 1 spiro atoms. The van der Waals surface area contributed by atoms with E-state index in [-0.39, 0.29) is 30.5 Å². The molecule has 0 aromatic carbocycles. The van der Waals surface area contributed by atoms with Gasteiger partial charge in [-0.25, -0.2) is 0 Å². The van der Waals surface area contributed by atoms with Crippen molar-refractivity contribution in [3.63, 3.8) is 0 Å². The third-order valence-electron chi connectivity index (χ3n) is 4.72. The molecule has 1 saturated carbocycles. The minimum absolute atomic E-state index is 0.000597. The van der Waals surface area contributed by atoms with Crippen LogP contribution >= 0.6 is 0 Å². The smallest absolute Gasteiger partial charge is 0.249 e.